The Morgan fingerprint density at radius 1 is 1.19 bits per heavy atom. The largest absolute Gasteiger partial charge is 0.348 e. The normalized spacial score (nSPS) is 11.9. The maximum atomic E-state index is 12.0. The van der Waals surface area contributed by atoms with Crippen LogP contribution >= 0.6 is 0 Å². The van der Waals surface area contributed by atoms with Crippen LogP contribution in [0.5, 0.6) is 0 Å². The van der Waals surface area contributed by atoms with E-state index in [-0.39, 0.29) is 18.5 Å². The molecule has 0 bridgehead atoms. The van der Waals surface area contributed by atoms with Crippen LogP contribution in [0.2, 0.25) is 0 Å². The minimum Gasteiger partial charge on any atom is -0.348 e. The minimum atomic E-state index is -0.509. The lowest BCUT2D eigenvalue weighted by Gasteiger charge is -2.15. The first-order valence-electron chi connectivity index (χ1n) is 6.60. The van der Waals surface area contributed by atoms with Gasteiger partial charge in [-0.05, 0) is 12.5 Å². The Balaban J connectivity index is 2.08. The summed E-state index contributed by atoms with van der Waals surface area (Å²) in [5.74, 6) is -0.285. The monoisotopic (exact) mass is 287 g/mol. The molecule has 0 aliphatic rings. The van der Waals surface area contributed by atoms with Crippen LogP contribution in [-0.4, -0.2) is 15.0 Å². The van der Waals surface area contributed by atoms with E-state index in [1.807, 2.05) is 37.3 Å². The molecular formula is C15H17N3O3. The van der Waals surface area contributed by atoms with Crippen molar-refractivity contribution >= 4 is 5.91 Å². The Bertz CT molecular complexity index is 747. The van der Waals surface area contributed by atoms with E-state index in [1.54, 1.807) is 0 Å². The number of benzene rings is 1. The van der Waals surface area contributed by atoms with Gasteiger partial charge in [-0.1, -0.05) is 30.3 Å². The lowest BCUT2D eigenvalue weighted by Crippen LogP contribution is -2.40. The van der Waals surface area contributed by atoms with Gasteiger partial charge in [-0.3, -0.25) is 18.7 Å². The van der Waals surface area contributed by atoms with Gasteiger partial charge < -0.3 is 5.32 Å². The predicted octanol–water partition coefficient (Wildman–Crippen LogP) is 0.424. The van der Waals surface area contributed by atoms with Crippen LogP contribution < -0.4 is 16.6 Å². The molecule has 0 spiro atoms. The zero-order valence-electron chi connectivity index (χ0n) is 11.9. The molecule has 2 rings (SSSR count). The van der Waals surface area contributed by atoms with Crippen molar-refractivity contribution in [3.63, 3.8) is 0 Å². The van der Waals surface area contributed by atoms with Gasteiger partial charge in [-0.15, -0.1) is 0 Å². The van der Waals surface area contributed by atoms with Gasteiger partial charge in [0.25, 0.3) is 5.56 Å². The topological polar surface area (TPSA) is 73.1 Å². The van der Waals surface area contributed by atoms with Crippen molar-refractivity contribution in [2.24, 2.45) is 7.05 Å². The minimum absolute atomic E-state index is 0.121. The van der Waals surface area contributed by atoms with Gasteiger partial charge in [-0.25, -0.2) is 4.79 Å². The van der Waals surface area contributed by atoms with Gasteiger partial charge in [0.05, 0.1) is 6.04 Å². The fourth-order valence-electron chi connectivity index (χ4n) is 2.00. The molecule has 2 aromatic rings. The molecular weight excluding hydrogens is 270 g/mol. The zero-order chi connectivity index (χ0) is 15.4. The first-order valence-corrected chi connectivity index (χ1v) is 6.60. The standard InChI is InChI=1S/C15H17N3O3/c1-11(12-6-4-3-5-7-12)16-13(19)10-18-9-8-14(20)17(2)15(18)21/h3-9,11H,10H2,1-2H3,(H,16,19)/t11-/m1/s1. The number of nitrogens with zero attached hydrogens (tertiary/aromatic N) is 2. The van der Waals surface area contributed by atoms with Crippen LogP contribution in [0.25, 0.3) is 0 Å². The van der Waals surface area contributed by atoms with Gasteiger partial charge in [0, 0.05) is 19.3 Å². The van der Waals surface area contributed by atoms with Crippen molar-refractivity contribution in [3.05, 3.63) is 69.0 Å². The highest BCUT2D eigenvalue weighted by Gasteiger charge is 2.11. The molecule has 1 N–H and O–H groups in total. The maximum Gasteiger partial charge on any atom is 0.331 e. The summed E-state index contributed by atoms with van der Waals surface area (Å²) in [6.45, 7) is 1.75. The Morgan fingerprint density at radius 2 is 1.86 bits per heavy atom. The summed E-state index contributed by atoms with van der Waals surface area (Å²) < 4.78 is 2.17. The summed E-state index contributed by atoms with van der Waals surface area (Å²) in [5, 5.41) is 2.82. The molecule has 1 aromatic heterocycles. The van der Waals surface area contributed by atoms with E-state index in [4.69, 9.17) is 0 Å². The van der Waals surface area contributed by atoms with E-state index in [2.05, 4.69) is 5.32 Å². The van der Waals surface area contributed by atoms with Gasteiger partial charge >= 0.3 is 5.69 Å². The lowest BCUT2D eigenvalue weighted by molar-refractivity contribution is -0.122. The second kappa shape index (κ2) is 6.21. The van der Waals surface area contributed by atoms with Crippen molar-refractivity contribution in [3.8, 4) is 0 Å². The number of carbonyl (C=O) groups excluding carboxylic acids is 1. The van der Waals surface area contributed by atoms with Crippen LogP contribution in [0, 0.1) is 0 Å². The summed E-state index contributed by atoms with van der Waals surface area (Å²) in [5.41, 5.74) is 0.0815. The Hall–Kier alpha value is -2.63. The fraction of sp³-hybridized carbons (Fsp3) is 0.267. The predicted molar refractivity (Wildman–Crippen MR) is 78.9 cm³/mol. The second-order valence-corrected chi connectivity index (χ2v) is 4.82. The number of nitrogens with one attached hydrogen (secondary N) is 1. The van der Waals surface area contributed by atoms with Gasteiger partial charge in [-0.2, -0.15) is 0 Å². The summed E-state index contributed by atoms with van der Waals surface area (Å²) in [6, 6.07) is 10.6. The van der Waals surface area contributed by atoms with Crippen LogP contribution in [-0.2, 0) is 18.4 Å². The molecule has 0 radical (unpaired) electrons. The van der Waals surface area contributed by atoms with Gasteiger partial charge in [0.1, 0.15) is 6.54 Å². The number of aromatic nitrogens is 2. The molecule has 0 fully saturated rings. The van der Waals surface area contributed by atoms with Crippen molar-refractivity contribution in [1.82, 2.24) is 14.5 Å². The summed E-state index contributed by atoms with van der Waals surface area (Å²) in [6.07, 6.45) is 1.33. The SMILES string of the molecule is C[C@@H](NC(=O)Cn1ccc(=O)n(C)c1=O)c1ccccc1. The van der Waals surface area contributed by atoms with E-state index in [0.717, 1.165) is 10.1 Å². The average Bonchev–Trinajstić information content (AvgIpc) is 2.49. The van der Waals surface area contributed by atoms with Crippen LogP contribution in [0.4, 0.5) is 0 Å². The highest BCUT2D eigenvalue weighted by molar-refractivity contribution is 5.76. The van der Waals surface area contributed by atoms with E-state index < -0.39 is 11.2 Å². The molecule has 110 valence electrons. The number of carbonyl (C=O) groups is 1. The number of amides is 1. The quantitative estimate of drug-likeness (QED) is 0.886. The molecule has 0 aliphatic heterocycles. The highest BCUT2D eigenvalue weighted by atomic mass is 16.2. The molecule has 1 atom stereocenters. The van der Waals surface area contributed by atoms with E-state index >= 15 is 0 Å². The molecule has 1 aromatic carbocycles. The lowest BCUT2D eigenvalue weighted by atomic mass is 10.1. The van der Waals surface area contributed by atoms with Crippen LogP contribution in [0.15, 0.2) is 52.2 Å². The number of rotatable bonds is 4. The smallest absolute Gasteiger partial charge is 0.331 e. The fourth-order valence-corrected chi connectivity index (χ4v) is 2.00. The van der Waals surface area contributed by atoms with E-state index in [9.17, 15) is 14.4 Å². The molecule has 1 amide bonds. The maximum absolute atomic E-state index is 12.0. The third-order valence-corrected chi connectivity index (χ3v) is 3.25. The van der Waals surface area contributed by atoms with Gasteiger partial charge in [0.2, 0.25) is 5.91 Å². The van der Waals surface area contributed by atoms with Gasteiger partial charge in [0.15, 0.2) is 0 Å². The first-order chi connectivity index (χ1) is 9.99. The van der Waals surface area contributed by atoms with Crippen LogP contribution in [0.1, 0.15) is 18.5 Å². The molecule has 0 saturated heterocycles. The highest BCUT2D eigenvalue weighted by Crippen LogP contribution is 2.10. The van der Waals surface area contributed by atoms with E-state index in [0.29, 0.717) is 0 Å². The summed E-state index contributed by atoms with van der Waals surface area (Å²) >= 11 is 0. The number of hydrogen-bond donors (Lipinski definition) is 1. The van der Waals surface area contributed by atoms with Crippen molar-refractivity contribution < 1.29 is 4.79 Å². The zero-order valence-corrected chi connectivity index (χ0v) is 11.9. The number of hydrogen-bond acceptors (Lipinski definition) is 3. The molecule has 0 saturated carbocycles. The molecule has 6 heteroatoms. The average molecular weight is 287 g/mol. The van der Waals surface area contributed by atoms with Crippen molar-refractivity contribution in [2.75, 3.05) is 0 Å². The Morgan fingerprint density at radius 3 is 2.52 bits per heavy atom. The Labute approximate surface area is 121 Å². The molecule has 21 heavy (non-hydrogen) atoms. The van der Waals surface area contributed by atoms with E-state index in [1.165, 1.54) is 23.9 Å². The first kappa shape index (κ1) is 14.8. The Kier molecular flexibility index (Phi) is 4.37. The third kappa shape index (κ3) is 3.47. The van der Waals surface area contributed by atoms with Crippen LogP contribution in [0.3, 0.4) is 0 Å². The molecule has 0 aliphatic carbocycles. The summed E-state index contributed by atoms with van der Waals surface area (Å²) in [4.78, 5) is 35.1. The molecule has 6 nitrogen and oxygen atoms in total. The second-order valence-electron chi connectivity index (χ2n) is 4.82. The third-order valence-electron chi connectivity index (χ3n) is 3.25. The molecule has 0 unspecified atom stereocenters. The summed E-state index contributed by atoms with van der Waals surface area (Å²) in [7, 11) is 1.38. The molecule has 1 heterocycles. The van der Waals surface area contributed by atoms with Crippen molar-refractivity contribution in [2.45, 2.75) is 19.5 Å². The van der Waals surface area contributed by atoms with Crippen molar-refractivity contribution in [1.29, 1.82) is 0 Å².